The molecule has 0 amide bonds. The molecule has 0 aromatic carbocycles. The minimum absolute atomic E-state index is 0.000370. The van der Waals surface area contributed by atoms with E-state index in [2.05, 4.69) is 20.9 Å². The number of nitrogens with zero attached hydrogens (tertiary/aromatic N) is 2. The Morgan fingerprint density at radius 3 is 2.88 bits per heavy atom. The lowest BCUT2D eigenvalue weighted by molar-refractivity contribution is 0.116. The number of hydrogen-bond acceptors (Lipinski definition) is 3. The van der Waals surface area contributed by atoms with Crippen LogP contribution in [-0.4, -0.2) is 16.5 Å². The van der Waals surface area contributed by atoms with Crippen molar-refractivity contribution < 1.29 is 9.13 Å². The summed E-state index contributed by atoms with van der Waals surface area (Å²) < 4.78 is 20.4. The highest BCUT2D eigenvalue weighted by Crippen LogP contribution is 2.17. The van der Waals surface area contributed by atoms with Crippen LogP contribution in [0.15, 0.2) is 27.6 Å². The van der Waals surface area contributed by atoms with E-state index in [4.69, 9.17) is 4.74 Å². The molecular weight excluding hydrogens is 291 g/mol. The molecule has 0 radical (unpaired) electrons. The first-order valence-electron chi connectivity index (χ1n) is 4.94. The molecule has 0 bridgehead atoms. The summed E-state index contributed by atoms with van der Waals surface area (Å²) in [7, 11) is 1.51. The Balaban J connectivity index is 2.78. The van der Waals surface area contributed by atoms with E-state index in [1.165, 1.54) is 25.4 Å². The van der Waals surface area contributed by atoms with Crippen LogP contribution in [0.2, 0.25) is 0 Å². The van der Waals surface area contributed by atoms with E-state index in [1.54, 1.807) is 6.92 Å². The monoisotopic (exact) mass is 300 g/mol. The largest absolute Gasteiger partial charge is 0.375 e. The third kappa shape index (κ3) is 2.23. The summed E-state index contributed by atoms with van der Waals surface area (Å²) in [6, 6.07) is 2.61. The van der Waals surface area contributed by atoms with E-state index in [9.17, 15) is 9.18 Å². The summed E-state index contributed by atoms with van der Waals surface area (Å²) in [6.45, 7) is 1.75. The summed E-state index contributed by atoms with van der Waals surface area (Å²) in [4.78, 5) is 15.9. The molecule has 0 fully saturated rings. The zero-order chi connectivity index (χ0) is 12.6. The third-order valence-electron chi connectivity index (χ3n) is 2.47. The lowest BCUT2D eigenvalue weighted by Crippen LogP contribution is -2.18. The zero-order valence-corrected chi connectivity index (χ0v) is 10.9. The van der Waals surface area contributed by atoms with Crippen molar-refractivity contribution in [3.63, 3.8) is 0 Å². The molecule has 0 saturated heterocycles. The van der Waals surface area contributed by atoms with Crippen LogP contribution in [0.25, 0.3) is 5.65 Å². The van der Waals surface area contributed by atoms with Crippen molar-refractivity contribution in [3.8, 4) is 0 Å². The number of pyridine rings is 1. The molecule has 2 aromatic heterocycles. The molecule has 2 aromatic rings. The number of halogens is 2. The van der Waals surface area contributed by atoms with Crippen LogP contribution in [0.4, 0.5) is 4.39 Å². The molecule has 2 heterocycles. The molecule has 0 aliphatic carbocycles. The number of rotatable bonds is 2. The van der Waals surface area contributed by atoms with Crippen molar-refractivity contribution in [3.05, 3.63) is 44.7 Å². The summed E-state index contributed by atoms with van der Waals surface area (Å²) in [5.41, 5.74) is 0.0763. The fourth-order valence-corrected chi connectivity index (χ4v) is 1.88. The van der Waals surface area contributed by atoms with Gasteiger partial charge in [0.15, 0.2) is 11.5 Å². The van der Waals surface area contributed by atoms with E-state index in [0.29, 0.717) is 10.2 Å². The Morgan fingerprint density at radius 1 is 1.53 bits per heavy atom. The molecule has 0 saturated carbocycles. The highest BCUT2D eigenvalue weighted by molar-refractivity contribution is 9.10. The third-order valence-corrected chi connectivity index (χ3v) is 2.91. The van der Waals surface area contributed by atoms with E-state index >= 15 is 0 Å². The van der Waals surface area contributed by atoms with Gasteiger partial charge in [-0.05, 0) is 28.9 Å². The quantitative estimate of drug-likeness (QED) is 0.855. The van der Waals surface area contributed by atoms with Crippen LogP contribution in [0.1, 0.15) is 18.7 Å². The maximum Gasteiger partial charge on any atom is 0.258 e. The second-order valence-electron chi connectivity index (χ2n) is 3.60. The smallest absolute Gasteiger partial charge is 0.258 e. The fourth-order valence-electron chi connectivity index (χ4n) is 1.48. The molecule has 0 spiro atoms. The minimum Gasteiger partial charge on any atom is -0.375 e. The Kier molecular flexibility index (Phi) is 3.26. The topological polar surface area (TPSA) is 43.6 Å². The summed E-state index contributed by atoms with van der Waals surface area (Å²) in [5, 5.41) is 0. The van der Waals surface area contributed by atoms with Crippen LogP contribution in [0, 0.1) is 5.82 Å². The van der Waals surface area contributed by atoms with Crippen molar-refractivity contribution in [2.75, 3.05) is 7.11 Å². The predicted molar refractivity (Wildman–Crippen MR) is 64.5 cm³/mol. The van der Waals surface area contributed by atoms with Crippen molar-refractivity contribution >= 4 is 21.6 Å². The van der Waals surface area contributed by atoms with Gasteiger partial charge in [0, 0.05) is 23.8 Å². The molecule has 1 atom stereocenters. The molecule has 2 rings (SSSR count). The average Bonchev–Trinajstić information content (AvgIpc) is 2.29. The lowest BCUT2D eigenvalue weighted by Gasteiger charge is -2.10. The Labute approximate surface area is 105 Å². The molecule has 17 heavy (non-hydrogen) atoms. The highest BCUT2D eigenvalue weighted by Gasteiger charge is 2.12. The number of hydrogen-bond donors (Lipinski definition) is 0. The van der Waals surface area contributed by atoms with Gasteiger partial charge in [-0.3, -0.25) is 9.20 Å². The van der Waals surface area contributed by atoms with E-state index in [0.717, 1.165) is 4.40 Å². The van der Waals surface area contributed by atoms with Gasteiger partial charge in [0.05, 0.1) is 11.8 Å². The Hall–Kier alpha value is -1.27. The standard InChI is InChI=1S/C11H10BrFN2O2/c1-6(17-2)9-4-10(16)15-5-7(12)3-8(13)11(15)14-9/h3-6H,1-2H3/t6-/m0/s1. The Morgan fingerprint density at radius 2 is 2.24 bits per heavy atom. The van der Waals surface area contributed by atoms with Crippen LogP contribution in [0.3, 0.4) is 0 Å². The van der Waals surface area contributed by atoms with Crippen molar-refractivity contribution in [2.24, 2.45) is 0 Å². The maximum atomic E-state index is 13.7. The van der Waals surface area contributed by atoms with Crippen molar-refractivity contribution in [2.45, 2.75) is 13.0 Å². The number of fused-ring (bicyclic) bond motifs is 1. The summed E-state index contributed by atoms with van der Waals surface area (Å²) in [6.07, 6.45) is 1.13. The minimum atomic E-state index is -0.554. The summed E-state index contributed by atoms with van der Waals surface area (Å²) in [5.74, 6) is -0.554. The molecule has 0 unspecified atom stereocenters. The second kappa shape index (κ2) is 4.54. The fraction of sp³-hybridized carbons (Fsp3) is 0.273. The second-order valence-corrected chi connectivity index (χ2v) is 4.51. The van der Waals surface area contributed by atoms with E-state index in [1.807, 2.05) is 0 Å². The average molecular weight is 301 g/mol. The first kappa shape index (κ1) is 12.2. The number of aromatic nitrogens is 2. The number of methoxy groups -OCH3 is 1. The highest BCUT2D eigenvalue weighted by atomic mass is 79.9. The summed E-state index contributed by atoms with van der Waals surface area (Å²) >= 11 is 3.13. The maximum absolute atomic E-state index is 13.7. The van der Waals surface area contributed by atoms with Crippen molar-refractivity contribution in [1.82, 2.24) is 9.38 Å². The van der Waals surface area contributed by atoms with Gasteiger partial charge >= 0.3 is 0 Å². The molecule has 0 aliphatic heterocycles. The van der Waals surface area contributed by atoms with Gasteiger partial charge in [-0.15, -0.1) is 0 Å². The van der Waals surface area contributed by atoms with Gasteiger partial charge in [0.2, 0.25) is 0 Å². The van der Waals surface area contributed by atoms with Crippen LogP contribution in [0.5, 0.6) is 0 Å². The molecule has 4 nitrogen and oxygen atoms in total. The van der Waals surface area contributed by atoms with Gasteiger partial charge < -0.3 is 4.74 Å². The molecule has 0 N–H and O–H groups in total. The lowest BCUT2D eigenvalue weighted by atomic mass is 10.2. The van der Waals surface area contributed by atoms with Crippen molar-refractivity contribution in [1.29, 1.82) is 0 Å². The zero-order valence-electron chi connectivity index (χ0n) is 9.28. The molecule has 6 heteroatoms. The van der Waals surface area contributed by atoms with E-state index in [-0.39, 0.29) is 17.3 Å². The van der Waals surface area contributed by atoms with Crippen LogP contribution < -0.4 is 5.56 Å². The molecular formula is C11H10BrFN2O2. The molecule has 90 valence electrons. The van der Waals surface area contributed by atoms with Gasteiger partial charge in [-0.1, -0.05) is 0 Å². The first-order valence-corrected chi connectivity index (χ1v) is 5.73. The van der Waals surface area contributed by atoms with Gasteiger partial charge in [-0.2, -0.15) is 0 Å². The van der Waals surface area contributed by atoms with Gasteiger partial charge in [0.25, 0.3) is 5.56 Å². The van der Waals surface area contributed by atoms with E-state index < -0.39 is 5.82 Å². The SMILES string of the molecule is CO[C@@H](C)c1cc(=O)n2cc(Br)cc(F)c2n1. The molecule has 0 aliphatic rings. The normalized spacial score (nSPS) is 12.9. The van der Waals surface area contributed by atoms with Crippen LogP contribution >= 0.6 is 15.9 Å². The Bertz CT molecular complexity index is 627. The van der Waals surface area contributed by atoms with Gasteiger partial charge in [0.1, 0.15) is 0 Å². The van der Waals surface area contributed by atoms with Gasteiger partial charge in [-0.25, -0.2) is 9.37 Å². The van der Waals surface area contributed by atoms with Crippen LogP contribution in [-0.2, 0) is 4.74 Å². The predicted octanol–water partition coefficient (Wildman–Crippen LogP) is 2.30. The number of ether oxygens (including phenoxy) is 1. The first-order chi connectivity index (χ1) is 8.02.